The van der Waals surface area contributed by atoms with Gasteiger partial charge in [0.15, 0.2) is 0 Å². The fraction of sp³-hybridized carbons (Fsp3) is 0.364. The van der Waals surface area contributed by atoms with Crippen molar-refractivity contribution in [1.29, 1.82) is 0 Å². The van der Waals surface area contributed by atoms with Gasteiger partial charge in [0.2, 0.25) is 0 Å². The van der Waals surface area contributed by atoms with E-state index in [2.05, 4.69) is 10.6 Å². The molecule has 4 nitrogen and oxygen atoms in total. The lowest BCUT2D eigenvalue weighted by Gasteiger charge is -2.14. The summed E-state index contributed by atoms with van der Waals surface area (Å²) in [6.07, 6.45) is 0.551. The normalized spacial score (nSPS) is 12.0. The van der Waals surface area contributed by atoms with E-state index in [1.165, 1.54) is 0 Å². The van der Waals surface area contributed by atoms with Gasteiger partial charge in [0.25, 0.3) is 0 Å². The Hall–Kier alpha value is -1.69. The molecule has 0 aromatic heterocycles. The summed E-state index contributed by atoms with van der Waals surface area (Å²) in [4.78, 5) is 11.4. The summed E-state index contributed by atoms with van der Waals surface area (Å²) >= 11 is 0. The van der Waals surface area contributed by atoms with Gasteiger partial charge in [-0.25, -0.2) is 13.6 Å². The molecule has 1 aromatic rings. The minimum absolute atomic E-state index is 0.114. The number of benzene rings is 1. The maximum atomic E-state index is 13.2. The van der Waals surface area contributed by atoms with Gasteiger partial charge in [-0.15, -0.1) is 0 Å². The van der Waals surface area contributed by atoms with E-state index < -0.39 is 23.7 Å². The first-order valence-corrected chi connectivity index (χ1v) is 5.20. The molecule has 6 heteroatoms. The molecule has 0 aliphatic heterocycles. The van der Waals surface area contributed by atoms with Gasteiger partial charge in [0, 0.05) is 6.07 Å². The van der Waals surface area contributed by atoms with Crippen molar-refractivity contribution in [1.82, 2.24) is 5.32 Å². The van der Waals surface area contributed by atoms with Crippen LogP contribution in [-0.2, 0) is 0 Å². The first-order chi connectivity index (χ1) is 8.06. The highest BCUT2D eigenvalue weighted by Gasteiger charge is 2.11. The number of halogens is 2. The zero-order valence-corrected chi connectivity index (χ0v) is 9.34. The van der Waals surface area contributed by atoms with Crippen LogP contribution in [0, 0.1) is 11.6 Å². The monoisotopic (exact) mass is 244 g/mol. The summed E-state index contributed by atoms with van der Waals surface area (Å²) in [6.45, 7) is 1.59. The van der Waals surface area contributed by atoms with Gasteiger partial charge in [-0.2, -0.15) is 0 Å². The molecular formula is C11H14F2N2O2. The van der Waals surface area contributed by atoms with Crippen LogP contribution < -0.4 is 10.6 Å². The Morgan fingerprint density at radius 1 is 1.47 bits per heavy atom. The van der Waals surface area contributed by atoms with Crippen LogP contribution in [0.15, 0.2) is 18.2 Å². The zero-order valence-electron chi connectivity index (χ0n) is 9.34. The summed E-state index contributed by atoms with van der Waals surface area (Å²) in [6, 6.07) is 1.82. The van der Waals surface area contributed by atoms with E-state index in [0.717, 1.165) is 12.1 Å². The molecule has 0 radical (unpaired) electrons. The number of anilines is 1. The van der Waals surface area contributed by atoms with E-state index in [1.54, 1.807) is 6.92 Å². The molecule has 0 aliphatic rings. The van der Waals surface area contributed by atoms with Crippen LogP contribution in [0.25, 0.3) is 0 Å². The number of hydrogen-bond acceptors (Lipinski definition) is 2. The minimum atomic E-state index is -0.850. The number of urea groups is 1. The van der Waals surface area contributed by atoms with E-state index in [1.807, 2.05) is 0 Å². The van der Waals surface area contributed by atoms with Gasteiger partial charge < -0.3 is 15.7 Å². The highest BCUT2D eigenvalue weighted by Crippen LogP contribution is 2.14. The molecule has 0 unspecified atom stereocenters. The van der Waals surface area contributed by atoms with E-state index in [0.29, 0.717) is 12.5 Å². The van der Waals surface area contributed by atoms with Gasteiger partial charge in [0.1, 0.15) is 11.6 Å². The predicted octanol–water partition coefficient (Wildman–Crippen LogP) is 1.86. The van der Waals surface area contributed by atoms with Crippen molar-refractivity contribution in [2.75, 3.05) is 11.9 Å². The SMILES string of the molecule is CC[C@@H](CO)NC(=O)Nc1ccc(F)cc1F. The Morgan fingerprint density at radius 2 is 2.18 bits per heavy atom. The average molecular weight is 244 g/mol. The van der Waals surface area contributed by atoms with Crippen LogP contribution in [0.3, 0.4) is 0 Å². The Balaban J connectivity index is 2.62. The minimum Gasteiger partial charge on any atom is -0.394 e. The molecule has 17 heavy (non-hydrogen) atoms. The third kappa shape index (κ3) is 3.99. The molecule has 3 N–H and O–H groups in total. The zero-order chi connectivity index (χ0) is 12.8. The van der Waals surface area contributed by atoms with Crippen molar-refractivity contribution in [2.24, 2.45) is 0 Å². The number of nitrogens with one attached hydrogen (secondary N) is 2. The quantitative estimate of drug-likeness (QED) is 0.757. The van der Waals surface area contributed by atoms with Gasteiger partial charge >= 0.3 is 6.03 Å². The fourth-order valence-electron chi connectivity index (χ4n) is 1.21. The Bertz CT molecular complexity index is 395. The maximum absolute atomic E-state index is 13.2. The number of aliphatic hydroxyl groups is 1. The van der Waals surface area contributed by atoms with Crippen molar-refractivity contribution >= 4 is 11.7 Å². The average Bonchev–Trinajstić information content (AvgIpc) is 2.29. The number of hydrogen-bond donors (Lipinski definition) is 3. The van der Waals surface area contributed by atoms with E-state index in [9.17, 15) is 13.6 Å². The fourth-order valence-corrected chi connectivity index (χ4v) is 1.21. The number of carbonyl (C=O) groups excluding carboxylic acids is 1. The largest absolute Gasteiger partial charge is 0.394 e. The molecule has 2 amide bonds. The van der Waals surface area contributed by atoms with E-state index in [-0.39, 0.29) is 12.3 Å². The Labute approximate surface area is 97.6 Å². The smallest absolute Gasteiger partial charge is 0.319 e. The second kappa shape index (κ2) is 6.15. The molecule has 94 valence electrons. The highest BCUT2D eigenvalue weighted by atomic mass is 19.1. The van der Waals surface area contributed by atoms with Crippen LogP contribution in [0.5, 0.6) is 0 Å². The van der Waals surface area contributed by atoms with E-state index in [4.69, 9.17) is 5.11 Å². The molecular weight excluding hydrogens is 230 g/mol. The lowest BCUT2D eigenvalue weighted by atomic mass is 10.2. The van der Waals surface area contributed by atoms with Gasteiger partial charge in [-0.3, -0.25) is 0 Å². The first-order valence-electron chi connectivity index (χ1n) is 5.20. The van der Waals surface area contributed by atoms with Gasteiger partial charge in [0.05, 0.1) is 18.3 Å². The summed E-state index contributed by atoms with van der Waals surface area (Å²) in [5.41, 5.74) is -0.114. The third-order valence-corrected chi connectivity index (χ3v) is 2.23. The van der Waals surface area contributed by atoms with Crippen LogP contribution in [0.4, 0.5) is 19.3 Å². The lowest BCUT2D eigenvalue weighted by molar-refractivity contribution is 0.222. The van der Waals surface area contributed by atoms with Crippen molar-refractivity contribution in [3.63, 3.8) is 0 Å². The summed E-state index contributed by atoms with van der Waals surface area (Å²) in [7, 11) is 0. The topological polar surface area (TPSA) is 61.4 Å². The highest BCUT2D eigenvalue weighted by molar-refractivity contribution is 5.89. The van der Waals surface area contributed by atoms with Gasteiger partial charge in [-0.05, 0) is 18.6 Å². The predicted molar refractivity (Wildman–Crippen MR) is 59.7 cm³/mol. The van der Waals surface area contributed by atoms with Crippen molar-refractivity contribution in [2.45, 2.75) is 19.4 Å². The molecule has 1 atom stereocenters. The standard InChI is InChI=1S/C11H14F2N2O2/c1-2-8(6-16)14-11(17)15-10-4-3-7(12)5-9(10)13/h3-5,8,16H,2,6H2,1H3,(H2,14,15,17)/t8-/m0/s1. The van der Waals surface area contributed by atoms with Crippen molar-refractivity contribution < 1.29 is 18.7 Å². The Kier molecular flexibility index (Phi) is 4.84. The van der Waals surface area contributed by atoms with Crippen molar-refractivity contribution in [3.8, 4) is 0 Å². The molecule has 0 bridgehead atoms. The molecule has 1 rings (SSSR count). The molecule has 0 saturated carbocycles. The summed E-state index contributed by atoms with van der Waals surface area (Å²) in [5.74, 6) is -1.56. The number of rotatable bonds is 4. The van der Waals surface area contributed by atoms with Gasteiger partial charge in [-0.1, -0.05) is 6.92 Å². The molecule has 1 aromatic carbocycles. The van der Waals surface area contributed by atoms with Crippen LogP contribution in [0.1, 0.15) is 13.3 Å². The second-order valence-electron chi connectivity index (χ2n) is 3.51. The third-order valence-electron chi connectivity index (χ3n) is 2.23. The van der Waals surface area contributed by atoms with Crippen LogP contribution in [-0.4, -0.2) is 23.8 Å². The van der Waals surface area contributed by atoms with Crippen LogP contribution >= 0.6 is 0 Å². The maximum Gasteiger partial charge on any atom is 0.319 e. The molecule has 0 aliphatic carbocycles. The summed E-state index contributed by atoms with van der Waals surface area (Å²) < 4.78 is 25.8. The molecule has 0 spiro atoms. The number of aliphatic hydroxyl groups excluding tert-OH is 1. The number of amides is 2. The number of carbonyl (C=O) groups is 1. The molecule has 0 fully saturated rings. The van der Waals surface area contributed by atoms with Crippen molar-refractivity contribution in [3.05, 3.63) is 29.8 Å². The van der Waals surface area contributed by atoms with E-state index >= 15 is 0 Å². The van der Waals surface area contributed by atoms with Crippen LogP contribution in [0.2, 0.25) is 0 Å². The summed E-state index contributed by atoms with van der Waals surface area (Å²) in [5, 5.41) is 13.5. The molecule has 0 heterocycles. The second-order valence-corrected chi connectivity index (χ2v) is 3.51. The molecule has 0 saturated heterocycles. The Morgan fingerprint density at radius 3 is 2.71 bits per heavy atom. The lowest BCUT2D eigenvalue weighted by Crippen LogP contribution is -2.39. The first kappa shape index (κ1) is 13.4.